The Hall–Kier alpha value is -0.0800. The smallest absolute Gasteiger partial charge is 0.111 e. The second kappa shape index (κ2) is 7.22. The van der Waals surface area contributed by atoms with E-state index < -0.39 is 0 Å². The van der Waals surface area contributed by atoms with Crippen molar-refractivity contribution in [2.75, 3.05) is 0 Å². The number of hydrogen-bond donors (Lipinski definition) is 1. The number of aliphatic hydroxyl groups is 1. The number of hydrogen-bond acceptors (Lipinski definition) is 2. The predicted octanol–water partition coefficient (Wildman–Crippen LogP) is 6.46. The maximum Gasteiger partial charge on any atom is 0.111 e. The molecule has 2 heteroatoms. The lowest BCUT2D eigenvalue weighted by Crippen LogP contribution is -2.57. The van der Waals surface area contributed by atoms with Gasteiger partial charge in [0.25, 0.3) is 0 Å². The molecule has 0 spiro atoms. The van der Waals surface area contributed by atoms with Gasteiger partial charge >= 0.3 is 0 Å². The van der Waals surface area contributed by atoms with Crippen LogP contribution in [0.3, 0.4) is 0 Å². The highest BCUT2D eigenvalue weighted by Gasteiger charge is 2.69. The standard InChI is InChI=1S/C27H46O2/c1-16(2)7-6-8-17(3)20-11-12-21-19-10-9-18-15-23(28)24-25(29-24)27(18,5)22(19)13-14-26(20,21)4/h16-25,28H,6-15H2,1-5H3/t17-,18+,19+,20-,21+,22+,23+,24+,25+,26-,27+/m1/s1. The summed E-state index contributed by atoms with van der Waals surface area (Å²) in [5.41, 5.74) is 0.925. The first-order valence-corrected chi connectivity index (χ1v) is 13.1. The molecule has 2 nitrogen and oxygen atoms in total. The van der Waals surface area contributed by atoms with Gasteiger partial charge in [-0.1, -0.05) is 53.9 Å². The van der Waals surface area contributed by atoms with Crippen LogP contribution in [0.25, 0.3) is 0 Å². The van der Waals surface area contributed by atoms with E-state index in [0.717, 1.165) is 41.9 Å². The second-order valence-electron chi connectivity index (χ2n) is 12.9. The summed E-state index contributed by atoms with van der Waals surface area (Å²) in [6.45, 7) is 12.6. The van der Waals surface area contributed by atoms with Crippen LogP contribution in [-0.2, 0) is 4.74 Å². The second-order valence-corrected chi connectivity index (χ2v) is 12.9. The van der Waals surface area contributed by atoms with E-state index in [2.05, 4.69) is 34.6 Å². The first-order chi connectivity index (χ1) is 13.8. The molecular weight excluding hydrogens is 356 g/mol. The molecule has 0 amide bonds. The molecule has 0 bridgehead atoms. The highest BCUT2D eigenvalue weighted by Crippen LogP contribution is 2.70. The summed E-state index contributed by atoms with van der Waals surface area (Å²) in [4.78, 5) is 0. The van der Waals surface area contributed by atoms with Gasteiger partial charge in [0, 0.05) is 5.41 Å². The SMILES string of the molecule is CC(C)CCC[C@@H](C)[C@H]1CC[C@H]2[C@@H]3CC[C@H]4C[C@H](O)[C@@H]5O[C@@H]5[C@]4(C)[C@H]3CC[C@]12C. The first kappa shape index (κ1) is 20.8. The summed E-state index contributed by atoms with van der Waals surface area (Å²) < 4.78 is 6.12. The molecule has 5 aliphatic rings. The zero-order chi connectivity index (χ0) is 20.6. The van der Waals surface area contributed by atoms with Crippen LogP contribution in [0.4, 0.5) is 0 Å². The van der Waals surface area contributed by atoms with Crippen molar-refractivity contribution in [2.45, 2.75) is 117 Å². The number of fused-ring (bicyclic) bond motifs is 7. The van der Waals surface area contributed by atoms with Crippen molar-refractivity contribution in [3.8, 4) is 0 Å². The van der Waals surface area contributed by atoms with Crippen molar-refractivity contribution in [1.29, 1.82) is 0 Å². The van der Waals surface area contributed by atoms with Gasteiger partial charge in [-0.15, -0.1) is 0 Å². The van der Waals surface area contributed by atoms with Gasteiger partial charge in [-0.05, 0) is 91.8 Å². The fourth-order valence-corrected chi connectivity index (χ4v) is 9.65. The van der Waals surface area contributed by atoms with Gasteiger partial charge < -0.3 is 9.84 Å². The lowest BCUT2D eigenvalue weighted by Gasteiger charge is -2.60. The largest absolute Gasteiger partial charge is 0.390 e. The van der Waals surface area contributed by atoms with Gasteiger partial charge in [0.15, 0.2) is 0 Å². The van der Waals surface area contributed by atoms with Crippen LogP contribution in [0.5, 0.6) is 0 Å². The van der Waals surface area contributed by atoms with E-state index in [1.165, 1.54) is 57.8 Å². The molecule has 1 aliphatic heterocycles. The van der Waals surface area contributed by atoms with Crippen molar-refractivity contribution >= 4 is 0 Å². The summed E-state index contributed by atoms with van der Waals surface area (Å²) in [5, 5.41) is 10.4. The maximum absolute atomic E-state index is 10.4. The Morgan fingerprint density at radius 2 is 1.76 bits per heavy atom. The Kier molecular flexibility index (Phi) is 5.18. The highest BCUT2D eigenvalue weighted by molar-refractivity contribution is 5.17. The van der Waals surface area contributed by atoms with Gasteiger partial charge in [-0.25, -0.2) is 0 Å². The Morgan fingerprint density at radius 3 is 2.52 bits per heavy atom. The normalized spacial score (nSPS) is 54.3. The topological polar surface area (TPSA) is 32.8 Å². The van der Waals surface area contributed by atoms with Crippen LogP contribution in [-0.4, -0.2) is 23.4 Å². The Morgan fingerprint density at radius 1 is 0.966 bits per heavy atom. The van der Waals surface area contributed by atoms with Crippen LogP contribution >= 0.6 is 0 Å². The molecular formula is C27H46O2. The average molecular weight is 403 g/mol. The molecule has 0 radical (unpaired) electrons. The van der Waals surface area contributed by atoms with Crippen LogP contribution in [0.15, 0.2) is 0 Å². The van der Waals surface area contributed by atoms with Crippen molar-refractivity contribution in [3.05, 3.63) is 0 Å². The molecule has 166 valence electrons. The molecule has 1 heterocycles. The molecule has 0 aromatic carbocycles. The minimum Gasteiger partial charge on any atom is -0.390 e. The molecule has 4 aliphatic carbocycles. The summed E-state index contributed by atoms with van der Waals surface area (Å²) in [6.07, 6.45) is 14.2. The summed E-state index contributed by atoms with van der Waals surface area (Å²) in [6, 6.07) is 0. The fourth-order valence-electron chi connectivity index (χ4n) is 9.65. The molecule has 5 fully saturated rings. The Labute approximate surface area is 179 Å². The van der Waals surface area contributed by atoms with Gasteiger partial charge in [0.1, 0.15) is 6.10 Å². The average Bonchev–Trinajstić information content (AvgIpc) is 3.40. The molecule has 1 N–H and O–H groups in total. The lowest BCUT2D eigenvalue weighted by molar-refractivity contribution is -0.122. The van der Waals surface area contributed by atoms with Gasteiger partial charge in [0.05, 0.1) is 12.2 Å². The molecule has 0 unspecified atom stereocenters. The number of rotatable bonds is 5. The Balaban J connectivity index is 1.31. The van der Waals surface area contributed by atoms with Crippen LogP contribution < -0.4 is 0 Å². The predicted molar refractivity (Wildman–Crippen MR) is 119 cm³/mol. The van der Waals surface area contributed by atoms with E-state index in [1.54, 1.807) is 0 Å². The number of ether oxygens (including phenoxy) is 1. The summed E-state index contributed by atoms with van der Waals surface area (Å²) >= 11 is 0. The minimum absolute atomic E-state index is 0.167. The van der Waals surface area contributed by atoms with Crippen molar-refractivity contribution in [1.82, 2.24) is 0 Å². The van der Waals surface area contributed by atoms with E-state index in [9.17, 15) is 5.11 Å². The zero-order valence-corrected chi connectivity index (χ0v) is 19.7. The third-order valence-electron chi connectivity index (χ3n) is 11.2. The van der Waals surface area contributed by atoms with Gasteiger partial charge in [-0.2, -0.15) is 0 Å². The molecule has 1 saturated heterocycles. The zero-order valence-electron chi connectivity index (χ0n) is 19.7. The highest BCUT2D eigenvalue weighted by atomic mass is 16.6. The monoisotopic (exact) mass is 402 g/mol. The van der Waals surface area contributed by atoms with Crippen molar-refractivity contribution in [2.24, 2.45) is 52.3 Å². The number of aliphatic hydroxyl groups excluding tert-OH is 1. The summed E-state index contributed by atoms with van der Waals surface area (Å²) in [7, 11) is 0. The van der Waals surface area contributed by atoms with Crippen molar-refractivity contribution in [3.63, 3.8) is 0 Å². The van der Waals surface area contributed by atoms with Crippen LogP contribution in [0, 0.1) is 52.3 Å². The quantitative estimate of drug-likeness (QED) is 0.536. The fraction of sp³-hybridized carbons (Fsp3) is 1.00. The van der Waals surface area contributed by atoms with Gasteiger partial charge in [0.2, 0.25) is 0 Å². The van der Waals surface area contributed by atoms with E-state index in [4.69, 9.17) is 4.74 Å². The summed E-state index contributed by atoms with van der Waals surface area (Å²) in [5.74, 6) is 6.10. The lowest BCUT2D eigenvalue weighted by atomic mass is 9.44. The third-order valence-corrected chi connectivity index (χ3v) is 11.2. The minimum atomic E-state index is -0.189. The first-order valence-electron chi connectivity index (χ1n) is 13.1. The molecule has 0 aromatic rings. The van der Waals surface area contributed by atoms with Crippen molar-refractivity contribution < 1.29 is 9.84 Å². The third kappa shape index (κ3) is 3.09. The molecule has 0 aromatic heterocycles. The molecule has 29 heavy (non-hydrogen) atoms. The Bertz CT molecular complexity index is 616. The van der Waals surface area contributed by atoms with E-state index in [1.807, 2.05) is 0 Å². The van der Waals surface area contributed by atoms with E-state index in [-0.39, 0.29) is 12.2 Å². The van der Waals surface area contributed by atoms with E-state index >= 15 is 0 Å². The number of epoxide rings is 1. The van der Waals surface area contributed by atoms with Gasteiger partial charge in [-0.3, -0.25) is 0 Å². The van der Waals surface area contributed by atoms with Crippen LogP contribution in [0.1, 0.15) is 98.8 Å². The molecule has 5 rings (SSSR count). The van der Waals surface area contributed by atoms with Crippen LogP contribution in [0.2, 0.25) is 0 Å². The van der Waals surface area contributed by atoms with E-state index in [0.29, 0.717) is 22.9 Å². The molecule has 4 saturated carbocycles. The maximum atomic E-state index is 10.4. The molecule has 11 atom stereocenters.